The van der Waals surface area contributed by atoms with E-state index in [0.29, 0.717) is 21.8 Å². The molecule has 0 spiro atoms. The van der Waals surface area contributed by atoms with Crippen LogP contribution in [-0.4, -0.2) is 152 Å². The van der Waals surface area contributed by atoms with Crippen molar-refractivity contribution < 1.29 is 87.9 Å². The molecule has 3 aliphatic rings. The molecule has 9 rings (SSSR count). The van der Waals surface area contributed by atoms with E-state index in [-0.39, 0.29) is 82.4 Å². The molecule has 7 unspecified atom stereocenters. The van der Waals surface area contributed by atoms with Crippen molar-refractivity contribution in [2.24, 2.45) is 0 Å². The minimum Gasteiger partial charge on any atom is -0.507 e. The molecule has 13 N–H and O–H groups in total. The van der Waals surface area contributed by atoms with Gasteiger partial charge in [0, 0.05) is 69.8 Å². The minimum absolute atomic E-state index is 0.00281. The summed E-state index contributed by atoms with van der Waals surface area (Å²) in [6, 6.07) is 14.0. The van der Waals surface area contributed by atoms with Gasteiger partial charge >= 0.3 is 18.0 Å². The number of anilines is 2. The predicted octanol–water partition coefficient (Wildman–Crippen LogP) is 3.58. The fraction of sp³-hybridized carbons (Fsp3) is 0.345. The number of aliphatic hydroxyl groups is 2. The number of amides is 3. The molecular formula is C58H59N9O19S2. The van der Waals surface area contributed by atoms with Gasteiger partial charge in [-0.3, -0.25) is 33.8 Å². The summed E-state index contributed by atoms with van der Waals surface area (Å²) in [5.74, 6) is -8.52. The molecule has 462 valence electrons. The number of phenolic OH excluding ortho intramolecular Hbond substituents is 2. The van der Waals surface area contributed by atoms with Crippen LogP contribution in [-0.2, 0) is 53.0 Å². The van der Waals surface area contributed by atoms with Gasteiger partial charge in [0.25, 0.3) is 11.5 Å². The number of rotatable bonds is 22. The maximum absolute atomic E-state index is 14.1. The van der Waals surface area contributed by atoms with Crippen LogP contribution in [0.4, 0.5) is 16.4 Å². The van der Waals surface area contributed by atoms with Crippen LogP contribution in [0.2, 0.25) is 0 Å². The predicted molar refractivity (Wildman–Crippen MR) is 313 cm³/mol. The number of aliphatic hydroxyl groups excluding tert-OH is 1. The Bertz CT molecular complexity index is 3870. The number of carboxylic acid groups (broad SMARTS) is 2. The number of ketones is 3. The highest BCUT2D eigenvalue weighted by atomic mass is 33.1. The maximum atomic E-state index is 14.1. The first-order valence-electron chi connectivity index (χ1n) is 27.1. The van der Waals surface area contributed by atoms with Crippen LogP contribution in [0.3, 0.4) is 0 Å². The first-order chi connectivity index (χ1) is 41.8. The van der Waals surface area contributed by atoms with Crippen LogP contribution >= 0.6 is 21.6 Å². The number of hydrogen-bond acceptors (Lipinski definition) is 24. The van der Waals surface area contributed by atoms with Crippen LogP contribution in [0.5, 0.6) is 17.2 Å². The van der Waals surface area contributed by atoms with E-state index < -0.39 is 142 Å². The second kappa shape index (κ2) is 26.0. The van der Waals surface area contributed by atoms with E-state index in [1.165, 1.54) is 57.5 Å². The number of aromatic nitrogens is 4. The van der Waals surface area contributed by atoms with Crippen molar-refractivity contribution >= 4 is 91.6 Å². The number of aromatic hydroxyl groups is 2. The van der Waals surface area contributed by atoms with E-state index in [1.54, 1.807) is 36.4 Å². The van der Waals surface area contributed by atoms with Gasteiger partial charge in [-0.05, 0) is 63.6 Å². The summed E-state index contributed by atoms with van der Waals surface area (Å²) in [4.78, 5) is 133. The Morgan fingerprint density at radius 1 is 0.898 bits per heavy atom. The second-order valence-electron chi connectivity index (χ2n) is 21.3. The second-order valence-corrected chi connectivity index (χ2v) is 23.6. The van der Waals surface area contributed by atoms with Gasteiger partial charge in [-0.2, -0.15) is 4.98 Å². The molecule has 30 heteroatoms. The fourth-order valence-corrected chi connectivity index (χ4v) is 12.9. The van der Waals surface area contributed by atoms with Crippen LogP contribution < -0.4 is 37.3 Å². The molecule has 88 heavy (non-hydrogen) atoms. The van der Waals surface area contributed by atoms with Crippen molar-refractivity contribution in [1.82, 2.24) is 35.9 Å². The number of methoxy groups -OCH3 is 1. The number of nitrogen functional groups attached to an aromatic ring is 1. The van der Waals surface area contributed by atoms with Crippen LogP contribution in [0, 0.1) is 0 Å². The molecular weight excluding hydrogens is 1190 g/mol. The zero-order chi connectivity index (χ0) is 63.5. The zero-order valence-electron chi connectivity index (χ0n) is 47.3. The van der Waals surface area contributed by atoms with Gasteiger partial charge in [-0.1, -0.05) is 51.9 Å². The van der Waals surface area contributed by atoms with Crippen molar-refractivity contribution in [1.29, 1.82) is 0 Å². The van der Waals surface area contributed by atoms with Gasteiger partial charge in [-0.25, -0.2) is 24.4 Å². The zero-order valence-corrected chi connectivity index (χ0v) is 48.9. The van der Waals surface area contributed by atoms with E-state index >= 15 is 0 Å². The Hall–Kier alpha value is -9.20. The molecule has 2 aliphatic carbocycles. The Morgan fingerprint density at radius 3 is 2.32 bits per heavy atom. The lowest BCUT2D eigenvalue weighted by Gasteiger charge is -2.47. The molecule has 6 aromatic rings. The highest BCUT2D eigenvalue weighted by Gasteiger charge is 2.52. The van der Waals surface area contributed by atoms with Gasteiger partial charge in [-0.15, -0.1) is 0 Å². The third-order valence-corrected chi connectivity index (χ3v) is 17.7. The summed E-state index contributed by atoms with van der Waals surface area (Å²) in [5, 5.41) is 77.2. The monoisotopic (exact) mass is 1250 g/mol. The summed E-state index contributed by atoms with van der Waals surface area (Å²) in [6.07, 6.45) is -7.12. The molecule has 3 heterocycles. The fourth-order valence-electron chi connectivity index (χ4n) is 10.5. The van der Waals surface area contributed by atoms with Crippen molar-refractivity contribution in [3.8, 4) is 17.2 Å². The number of carbonyl (C=O) groups excluding carboxylic acids is 6. The number of carboxylic acids is 2. The van der Waals surface area contributed by atoms with Crippen LogP contribution in [0.1, 0.15) is 117 Å². The highest BCUT2D eigenvalue weighted by Crippen LogP contribution is 2.53. The number of H-pyrrole nitrogens is 1. The van der Waals surface area contributed by atoms with E-state index in [9.17, 15) is 73.8 Å². The molecule has 8 atom stereocenters. The molecule has 2 aromatic heterocycles. The molecule has 4 aromatic carbocycles. The topological polar surface area (TPSA) is 441 Å². The first kappa shape index (κ1) is 63.3. The Labute approximate surface area is 506 Å². The number of nitrogens with one attached hydrogen (secondary N) is 5. The average molecular weight is 1250 g/mol. The third-order valence-electron chi connectivity index (χ3n) is 15.2. The number of benzene rings is 4. The Balaban J connectivity index is 0.770. The van der Waals surface area contributed by atoms with Gasteiger partial charge in [0.2, 0.25) is 17.6 Å². The summed E-state index contributed by atoms with van der Waals surface area (Å²) in [5.41, 5.74) is 1.07. The number of phenols is 2. The lowest BCUT2D eigenvalue weighted by molar-refractivity contribution is -0.261. The molecule has 0 saturated carbocycles. The van der Waals surface area contributed by atoms with Crippen molar-refractivity contribution in [2.45, 2.75) is 119 Å². The Kier molecular flexibility index (Phi) is 18.7. The number of nitrogens with zero attached hydrogens (tertiary/aromatic N) is 3. The number of aliphatic carboxylic acids is 2. The summed E-state index contributed by atoms with van der Waals surface area (Å²) in [6.45, 7) is 3.90. The van der Waals surface area contributed by atoms with Gasteiger partial charge in [0.15, 0.2) is 29.0 Å². The molecule has 3 amide bonds. The van der Waals surface area contributed by atoms with Crippen molar-refractivity contribution in [3.05, 3.63) is 133 Å². The van der Waals surface area contributed by atoms with E-state index in [2.05, 4.69) is 41.2 Å². The van der Waals surface area contributed by atoms with Crippen molar-refractivity contribution in [2.75, 3.05) is 23.9 Å². The number of alkyl carbamates (subject to hydrolysis) is 1. The minimum atomic E-state index is -2.21. The summed E-state index contributed by atoms with van der Waals surface area (Å²) < 4.78 is 23.4. The molecule has 0 radical (unpaired) electrons. The lowest BCUT2D eigenvalue weighted by atomic mass is 9.72. The van der Waals surface area contributed by atoms with Gasteiger partial charge < -0.3 is 76.6 Å². The smallest absolute Gasteiger partial charge is 0.407 e. The number of aromatic amines is 1. The van der Waals surface area contributed by atoms with Crippen molar-refractivity contribution in [3.63, 3.8) is 0 Å². The normalized spacial score (nSPS) is 20.9. The quantitative estimate of drug-likeness (QED) is 0.0341. The number of hydrogen-bond donors (Lipinski definition) is 12. The molecule has 0 bridgehead atoms. The standard InChI is InChI=1S/C58H59N9O19S2/c1-25-49(74)57(3,20-39(85-25)86-36-19-58(82,26(2)68)18-32-41(36)48(73)43-42(46(32)71)45(70)31-9-7-10-35(83-4)40(31)47(43)72)67-56(81)84-23-28-8-5-6-11-37(28)88-87-24-34(54(79)80)63-38(69)17-16-33(53(77)78)64-51(75)27-12-14-29(15-13-27)60-21-30-22-61-50-44(62-30)52(76)66-55(59)65-50/h5-15,22,25,33-34,36,39,49,60,71,73-74,82H,16-21,23-24H2,1-4H3,(H,63,69)(H,64,75)(H,67,81)(H,77,78)(H,79,80)(H3,59,61,65,66,76)/t25?,33?,34?,36?,39?,49?,57?,58-/m0/s1. The summed E-state index contributed by atoms with van der Waals surface area (Å²) >= 11 is 0. The molecule has 1 aliphatic heterocycles. The molecule has 1 saturated heterocycles. The summed E-state index contributed by atoms with van der Waals surface area (Å²) in [7, 11) is 3.45. The highest BCUT2D eigenvalue weighted by molar-refractivity contribution is 8.76. The van der Waals surface area contributed by atoms with Crippen LogP contribution in [0.25, 0.3) is 11.2 Å². The largest absolute Gasteiger partial charge is 0.507 e. The first-order valence-corrected chi connectivity index (χ1v) is 29.4. The number of fused-ring (bicyclic) bond motifs is 4. The van der Waals surface area contributed by atoms with E-state index in [4.69, 9.17) is 24.7 Å². The SMILES string of the molecule is COc1cccc2c1C(=O)c1c(O)c3c(c(O)c1C2=O)C[C@@](O)(C(C)=O)CC3OC1CC(C)(NC(=O)OCc2ccccc2SSCC(NC(=O)CCC(NC(=O)c2ccc(NCc3cnc4nc(N)[nH]c(=O)c4n3)cc2)C(=O)O)C(=O)O)C(O)C(C)O1. The van der Waals surface area contributed by atoms with Gasteiger partial charge in [0.1, 0.15) is 47.6 Å². The third kappa shape index (κ3) is 13.4. The van der Waals surface area contributed by atoms with Crippen LogP contribution in [0.15, 0.2) is 82.6 Å². The number of Topliss-reactive ketones (excluding diaryl/α,β-unsaturated/α-hetero) is 1. The maximum Gasteiger partial charge on any atom is 0.407 e. The molecule has 1 fully saturated rings. The lowest BCUT2D eigenvalue weighted by Crippen LogP contribution is -2.64. The Morgan fingerprint density at radius 2 is 1.61 bits per heavy atom. The van der Waals surface area contributed by atoms with E-state index in [0.717, 1.165) is 28.5 Å². The average Bonchev–Trinajstić information content (AvgIpc) is 0.757. The number of nitrogens with two attached hydrogens (primary N) is 1. The van der Waals surface area contributed by atoms with Gasteiger partial charge in [0.05, 0.1) is 60.0 Å². The number of carbonyl (C=O) groups is 8. The number of ether oxygens (including phenoxy) is 4. The molecule has 28 nitrogen and oxygen atoms in total. The van der Waals surface area contributed by atoms with E-state index in [1.807, 2.05) is 0 Å².